The summed E-state index contributed by atoms with van der Waals surface area (Å²) in [4.78, 5) is 25.9. The van der Waals surface area contributed by atoms with Crippen LogP contribution >= 0.6 is 11.8 Å². The lowest BCUT2D eigenvalue weighted by Gasteiger charge is -2.23. The fourth-order valence-corrected chi connectivity index (χ4v) is 3.79. The van der Waals surface area contributed by atoms with Crippen molar-refractivity contribution in [3.05, 3.63) is 48.5 Å². The number of carbonyl (C=O) groups excluding carboxylic acids is 2. The predicted octanol–water partition coefficient (Wildman–Crippen LogP) is 5.25. The highest BCUT2D eigenvalue weighted by Gasteiger charge is 2.27. The first-order valence-corrected chi connectivity index (χ1v) is 10.3. The molecule has 27 heavy (non-hydrogen) atoms. The van der Waals surface area contributed by atoms with E-state index in [2.05, 4.69) is 0 Å². The van der Waals surface area contributed by atoms with Gasteiger partial charge >= 0.3 is 11.9 Å². The molecule has 2 aliphatic rings. The van der Waals surface area contributed by atoms with Crippen LogP contribution in [0.2, 0.25) is 0 Å². The van der Waals surface area contributed by atoms with Crippen molar-refractivity contribution in [1.82, 2.24) is 0 Å². The molecule has 0 bridgehead atoms. The largest absolute Gasteiger partial charge is 0.426 e. The van der Waals surface area contributed by atoms with Crippen LogP contribution in [0.3, 0.4) is 0 Å². The fraction of sp³-hybridized carbons (Fsp3) is 0.364. The molecule has 0 aromatic heterocycles. The van der Waals surface area contributed by atoms with E-state index in [9.17, 15) is 9.59 Å². The lowest BCUT2D eigenvalue weighted by atomic mass is 9.86. The maximum absolute atomic E-state index is 11.9. The standard InChI is InChI=1S/C22H22O4S/c23-21(15-3-1-4-15)25-17-7-11-19(12-8-17)27-20-13-9-18(10-14-20)26-22(24)16-5-2-6-16/h7-16H,1-6H2. The van der Waals surface area contributed by atoms with E-state index < -0.39 is 0 Å². The Bertz CT molecular complexity index is 736. The Morgan fingerprint density at radius 2 is 1.04 bits per heavy atom. The normalized spacial score (nSPS) is 16.9. The molecule has 2 aromatic carbocycles. The summed E-state index contributed by atoms with van der Waals surface area (Å²) in [6.07, 6.45) is 6.01. The summed E-state index contributed by atoms with van der Waals surface area (Å²) in [5.74, 6) is 1.11. The quantitative estimate of drug-likeness (QED) is 0.504. The van der Waals surface area contributed by atoms with Gasteiger partial charge in [0, 0.05) is 9.79 Å². The summed E-state index contributed by atoms with van der Waals surface area (Å²) in [7, 11) is 0. The van der Waals surface area contributed by atoms with Gasteiger partial charge in [-0.1, -0.05) is 24.6 Å². The zero-order valence-electron chi connectivity index (χ0n) is 15.1. The number of benzene rings is 2. The molecule has 0 radical (unpaired) electrons. The van der Waals surface area contributed by atoms with Gasteiger partial charge in [-0.3, -0.25) is 9.59 Å². The van der Waals surface area contributed by atoms with Crippen LogP contribution in [0.1, 0.15) is 38.5 Å². The highest BCUT2D eigenvalue weighted by atomic mass is 32.2. The first-order valence-electron chi connectivity index (χ1n) is 9.49. The number of ether oxygens (including phenoxy) is 2. The minimum atomic E-state index is -0.117. The number of hydrogen-bond donors (Lipinski definition) is 0. The zero-order chi connectivity index (χ0) is 18.6. The van der Waals surface area contributed by atoms with Crippen LogP contribution in [-0.2, 0) is 9.59 Å². The van der Waals surface area contributed by atoms with Crippen molar-refractivity contribution in [2.45, 2.75) is 48.3 Å². The van der Waals surface area contributed by atoms with Crippen molar-refractivity contribution in [3.63, 3.8) is 0 Å². The van der Waals surface area contributed by atoms with Gasteiger partial charge in [0.25, 0.3) is 0 Å². The molecule has 0 unspecified atom stereocenters. The average Bonchev–Trinajstić information content (AvgIpc) is 2.55. The monoisotopic (exact) mass is 382 g/mol. The van der Waals surface area contributed by atoms with E-state index in [1.807, 2.05) is 48.5 Å². The van der Waals surface area contributed by atoms with E-state index in [1.165, 1.54) is 0 Å². The van der Waals surface area contributed by atoms with Crippen LogP contribution in [0.25, 0.3) is 0 Å². The Labute approximate surface area is 163 Å². The third-order valence-corrected chi connectivity index (χ3v) is 6.21. The van der Waals surface area contributed by atoms with Crippen LogP contribution in [0, 0.1) is 11.8 Å². The van der Waals surface area contributed by atoms with E-state index >= 15 is 0 Å². The molecule has 0 saturated heterocycles. The van der Waals surface area contributed by atoms with Gasteiger partial charge in [0.1, 0.15) is 11.5 Å². The molecule has 0 aliphatic heterocycles. The summed E-state index contributed by atoms with van der Waals surface area (Å²) < 4.78 is 10.8. The molecular weight excluding hydrogens is 360 g/mol. The van der Waals surface area contributed by atoms with Gasteiger partial charge in [0.15, 0.2) is 0 Å². The molecule has 0 N–H and O–H groups in total. The molecular formula is C22H22O4S. The Morgan fingerprint density at radius 3 is 1.33 bits per heavy atom. The van der Waals surface area contributed by atoms with Gasteiger partial charge in [-0.2, -0.15) is 0 Å². The third kappa shape index (κ3) is 4.53. The number of hydrogen-bond acceptors (Lipinski definition) is 5. The van der Waals surface area contributed by atoms with Gasteiger partial charge < -0.3 is 9.47 Å². The molecule has 2 saturated carbocycles. The van der Waals surface area contributed by atoms with E-state index in [4.69, 9.17) is 9.47 Å². The number of rotatable bonds is 6. The molecule has 2 aromatic rings. The van der Waals surface area contributed by atoms with Gasteiger partial charge in [0.2, 0.25) is 0 Å². The van der Waals surface area contributed by atoms with Gasteiger partial charge in [-0.25, -0.2) is 0 Å². The summed E-state index contributed by atoms with van der Waals surface area (Å²) in [6, 6.07) is 15.1. The maximum atomic E-state index is 11.9. The lowest BCUT2D eigenvalue weighted by Crippen LogP contribution is -2.26. The molecule has 0 atom stereocenters. The first-order chi connectivity index (χ1) is 13.2. The van der Waals surface area contributed by atoms with Crippen LogP contribution in [0.4, 0.5) is 0 Å². The van der Waals surface area contributed by atoms with E-state index in [0.29, 0.717) is 11.5 Å². The van der Waals surface area contributed by atoms with Gasteiger partial charge in [-0.15, -0.1) is 0 Å². The summed E-state index contributed by atoms with van der Waals surface area (Å²) in [6.45, 7) is 0. The topological polar surface area (TPSA) is 52.6 Å². The minimum absolute atomic E-state index is 0.0796. The molecule has 4 nitrogen and oxygen atoms in total. The predicted molar refractivity (Wildman–Crippen MR) is 103 cm³/mol. The Balaban J connectivity index is 1.30. The second-order valence-electron chi connectivity index (χ2n) is 7.14. The molecule has 4 rings (SSSR count). The van der Waals surface area contributed by atoms with Gasteiger partial charge in [-0.05, 0) is 74.2 Å². The highest BCUT2D eigenvalue weighted by molar-refractivity contribution is 7.99. The molecule has 2 aliphatic carbocycles. The van der Waals surface area contributed by atoms with Crippen molar-refractivity contribution < 1.29 is 19.1 Å². The molecule has 2 fully saturated rings. The Hall–Kier alpha value is -2.27. The van der Waals surface area contributed by atoms with Crippen molar-refractivity contribution in [2.75, 3.05) is 0 Å². The minimum Gasteiger partial charge on any atom is -0.426 e. The Morgan fingerprint density at radius 1 is 0.667 bits per heavy atom. The molecule has 0 spiro atoms. The van der Waals surface area contributed by atoms with E-state index in [-0.39, 0.29) is 23.8 Å². The molecule has 0 heterocycles. The SMILES string of the molecule is O=C(Oc1ccc(Sc2ccc(OC(=O)C3CCC3)cc2)cc1)C1CCC1. The first kappa shape index (κ1) is 18.1. The van der Waals surface area contributed by atoms with E-state index in [1.54, 1.807) is 11.8 Å². The average molecular weight is 382 g/mol. The van der Waals surface area contributed by atoms with E-state index in [0.717, 1.165) is 48.3 Å². The van der Waals surface area contributed by atoms with Crippen molar-refractivity contribution in [1.29, 1.82) is 0 Å². The summed E-state index contributed by atoms with van der Waals surface area (Å²) in [5.41, 5.74) is 0. The van der Waals surface area contributed by atoms with Crippen molar-refractivity contribution in [2.24, 2.45) is 11.8 Å². The summed E-state index contributed by atoms with van der Waals surface area (Å²) >= 11 is 1.61. The lowest BCUT2D eigenvalue weighted by molar-refractivity contribution is -0.142. The molecule has 5 heteroatoms. The second-order valence-corrected chi connectivity index (χ2v) is 8.29. The third-order valence-electron chi connectivity index (χ3n) is 5.20. The maximum Gasteiger partial charge on any atom is 0.314 e. The Kier molecular flexibility index (Phi) is 5.48. The van der Waals surface area contributed by atoms with Crippen LogP contribution in [-0.4, -0.2) is 11.9 Å². The van der Waals surface area contributed by atoms with Gasteiger partial charge in [0.05, 0.1) is 11.8 Å². The highest BCUT2D eigenvalue weighted by Crippen LogP contribution is 2.32. The summed E-state index contributed by atoms with van der Waals surface area (Å²) in [5, 5.41) is 0. The van der Waals surface area contributed by atoms with Crippen LogP contribution in [0.5, 0.6) is 11.5 Å². The molecule has 140 valence electrons. The zero-order valence-corrected chi connectivity index (χ0v) is 15.9. The number of carbonyl (C=O) groups is 2. The van der Waals surface area contributed by atoms with Crippen LogP contribution < -0.4 is 9.47 Å². The smallest absolute Gasteiger partial charge is 0.314 e. The fourth-order valence-electron chi connectivity index (χ4n) is 2.97. The molecule has 0 amide bonds. The van der Waals surface area contributed by atoms with Crippen molar-refractivity contribution in [3.8, 4) is 11.5 Å². The number of esters is 2. The van der Waals surface area contributed by atoms with Crippen LogP contribution in [0.15, 0.2) is 58.3 Å². The van der Waals surface area contributed by atoms with Crippen molar-refractivity contribution >= 4 is 23.7 Å². The second kappa shape index (κ2) is 8.17.